The monoisotopic (exact) mass is 762 g/mol. The second-order valence-electron chi connectivity index (χ2n) is 17.7. The molecule has 3 heterocycles. The zero-order valence-electron chi connectivity index (χ0n) is 34.0. The molecule has 0 amide bonds. The molecule has 0 unspecified atom stereocenters. The third-order valence-corrected chi connectivity index (χ3v) is 14.3. The van der Waals surface area contributed by atoms with Gasteiger partial charge in [0.05, 0.1) is 33.7 Å². The van der Waals surface area contributed by atoms with Gasteiger partial charge in [-0.3, -0.25) is 4.57 Å². The number of para-hydroxylation sites is 1. The van der Waals surface area contributed by atoms with Crippen molar-refractivity contribution in [3.63, 3.8) is 0 Å². The van der Waals surface area contributed by atoms with Crippen LogP contribution in [-0.4, -0.2) is 24.1 Å². The standard InChI is InChI=1S/C53H42N6/c1-51(2)42-26-24-36(28-43(42)52(3,4)53(51,5)6)58-45-30-46-40(29-41(45)39-25-23-33-16-10-11-20-37(33)47(39)58)38-21-12-13-22-44(38)59(46)50-56-48(34-17-8-7-9-18-34)55-49(57-50)35-19-14-15-32(27-35)31-54/h7-30H,1-6H3. The molecular formula is C53H42N6. The molecule has 0 bridgehead atoms. The molecule has 0 saturated heterocycles. The molecule has 7 aromatic carbocycles. The lowest BCUT2D eigenvalue weighted by Crippen LogP contribution is -2.42. The second-order valence-corrected chi connectivity index (χ2v) is 17.7. The summed E-state index contributed by atoms with van der Waals surface area (Å²) < 4.78 is 4.68. The Balaban J connectivity index is 1.26. The van der Waals surface area contributed by atoms with Crippen LogP contribution in [0.25, 0.3) is 88.8 Å². The van der Waals surface area contributed by atoms with Gasteiger partial charge in [-0.15, -0.1) is 0 Å². The molecule has 10 aromatic rings. The van der Waals surface area contributed by atoms with E-state index >= 15 is 0 Å². The molecule has 0 atom stereocenters. The van der Waals surface area contributed by atoms with Gasteiger partial charge in [0, 0.05) is 43.7 Å². The Morgan fingerprint density at radius 1 is 0.475 bits per heavy atom. The molecule has 0 aliphatic heterocycles. The van der Waals surface area contributed by atoms with Crippen LogP contribution in [0.1, 0.15) is 58.2 Å². The highest BCUT2D eigenvalue weighted by atomic mass is 15.2. The van der Waals surface area contributed by atoms with Gasteiger partial charge in [-0.2, -0.15) is 15.2 Å². The minimum atomic E-state index is -0.0536. The number of rotatable bonds is 4. The van der Waals surface area contributed by atoms with Crippen molar-refractivity contribution in [1.82, 2.24) is 24.1 Å². The number of hydrogen-bond donors (Lipinski definition) is 0. The number of hydrogen-bond acceptors (Lipinski definition) is 4. The van der Waals surface area contributed by atoms with Crippen molar-refractivity contribution in [3.05, 3.63) is 162 Å². The molecule has 0 saturated carbocycles. The molecule has 0 radical (unpaired) electrons. The van der Waals surface area contributed by atoms with Crippen LogP contribution in [-0.2, 0) is 10.8 Å². The van der Waals surface area contributed by atoms with Crippen LogP contribution < -0.4 is 0 Å². The Bertz CT molecular complexity index is 3430. The average Bonchev–Trinajstić information content (AvgIpc) is 3.80. The van der Waals surface area contributed by atoms with Gasteiger partial charge in [-0.1, -0.05) is 145 Å². The first-order valence-electron chi connectivity index (χ1n) is 20.3. The van der Waals surface area contributed by atoms with Crippen molar-refractivity contribution < 1.29 is 0 Å². The summed E-state index contributed by atoms with van der Waals surface area (Å²) in [6, 6.07) is 53.5. The maximum atomic E-state index is 9.79. The van der Waals surface area contributed by atoms with E-state index in [1.165, 1.54) is 38.2 Å². The number of benzene rings is 7. The van der Waals surface area contributed by atoms with E-state index in [9.17, 15) is 5.26 Å². The first kappa shape index (κ1) is 35.1. The molecule has 284 valence electrons. The topological polar surface area (TPSA) is 72.3 Å². The normalized spacial score (nSPS) is 15.3. The van der Waals surface area contributed by atoms with Crippen LogP contribution in [0.4, 0.5) is 0 Å². The van der Waals surface area contributed by atoms with Gasteiger partial charge >= 0.3 is 0 Å². The van der Waals surface area contributed by atoms with Crippen LogP contribution in [0.3, 0.4) is 0 Å². The molecule has 1 aliphatic carbocycles. The lowest BCUT2D eigenvalue weighted by atomic mass is 9.59. The van der Waals surface area contributed by atoms with Gasteiger partial charge in [-0.05, 0) is 75.2 Å². The first-order chi connectivity index (χ1) is 28.5. The summed E-state index contributed by atoms with van der Waals surface area (Å²) in [4.78, 5) is 15.4. The van der Waals surface area contributed by atoms with Gasteiger partial charge in [0.2, 0.25) is 5.95 Å². The molecule has 6 heteroatoms. The highest BCUT2D eigenvalue weighted by molar-refractivity contribution is 6.23. The summed E-state index contributed by atoms with van der Waals surface area (Å²) in [5.41, 5.74) is 10.5. The van der Waals surface area contributed by atoms with Crippen molar-refractivity contribution in [2.75, 3.05) is 0 Å². The number of fused-ring (bicyclic) bond motifs is 9. The Morgan fingerprint density at radius 3 is 1.93 bits per heavy atom. The van der Waals surface area contributed by atoms with Crippen LogP contribution in [0.2, 0.25) is 0 Å². The van der Waals surface area contributed by atoms with Crippen molar-refractivity contribution in [2.45, 2.75) is 52.4 Å². The molecular weight excluding hydrogens is 721 g/mol. The SMILES string of the molecule is CC1(C)c2ccc(-n3c4cc5c(cc4c4ccc6ccccc6c43)c3ccccc3n5-c3nc(-c4ccccc4)nc(-c4cccc(C#N)c4)n3)cc2C(C)(C)C1(C)C. The van der Waals surface area contributed by atoms with Crippen molar-refractivity contribution in [3.8, 4) is 40.5 Å². The number of nitriles is 1. The van der Waals surface area contributed by atoms with Gasteiger partial charge in [0.25, 0.3) is 0 Å². The summed E-state index contributed by atoms with van der Waals surface area (Å²) in [6.07, 6.45) is 0. The largest absolute Gasteiger partial charge is 0.309 e. The molecule has 0 fully saturated rings. The van der Waals surface area contributed by atoms with E-state index in [0.717, 1.165) is 44.1 Å². The molecule has 0 N–H and O–H groups in total. The van der Waals surface area contributed by atoms with Crippen LogP contribution in [0, 0.1) is 16.7 Å². The number of aromatic nitrogens is 5. The van der Waals surface area contributed by atoms with Gasteiger partial charge < -0.3 is 4.57 Å². The second kappa shape index (κ2) is 12.2. The van der Waals surface area contributed by atoms with Crippen molar-refractivity contribution >= 4 is 54.4 Å². The fourth-order valence-corrected chi connectivity index (χ4v) is 9.95. The van der Waals surface area contributed by atoms with Crippen LogP contribution in [0.15, 0.2) is 146 Å². The highest BCUT2D eigenvalue weighted by Gasteiger charge is 2.56. The Hall–Kier alpha value is -7.10. The van der Waals surface area contributed by atoms with E-state index in [-0.39, 0.29) is 16.2 Å². The van der Waals surface area contributed by atoms with E-state index in [0.29, 0.717) is 23.2 Å². The molecule has 59 heavy (non-hydrogen) atoms. The predicted molar refractivity (Wildman–Crippen MR) is 241 cm³/mol. The van der Waals surface area contributed by atoms with E-state index in [2.05, 4.69) is 148 Å². The fourth-order valence-electron chi connectivity index (χ4n) is 9.95. The molecule has 11 rings (SSSR count). The summed E-state index contributed by atoms with van der Waals surface area (Å²) in [7, 11) is 0. The zero-order chi connectivity index (χ0) is 40.4. The predicted octanol–water partition coefficient (Wildman–Crippen LogP) is 13.0. The smallest absolute Gasteiger partial charge is 0.238 e. The van der Waals surface area contributed by atoms with Gasteiger partial charge in [-0.25, -0.2) is 4.98 Å². The van der Waals surface area contributed by atoms with E-state index < -0.39 is 0 Å². The fraction of sp³-hybridized carbons (Fsp3) is 0.170. The molecule has 0 spiro atoms. The van der Waals surface area contributed by atoms with Crippen LogP contribution in [0.5, 0.6) is 0 Å². The van der Waals surface area contributed by atoms with Gasteiger partial charge in [0.15, 0.2) is 11.6 Å². The summed E-state index contributed by atoms with van der Waals surface area (Å²) in [5, 5.41) is 16.9. The Morgan fingerprint density at radius 2 is 1.14 bits per heavy atom. The van der Waals surface area contributed by atoms with Gasteiger partial charge in [0.1, 0.15) is 0 Å². The summed E-state index contributed by atoms with van der Waals surface area (Å²) in [6.45, 7) is 14.5. The molecule has 6 nitrogen and oxygen atoms in total. The first-order valence-corrected chi connectivity index (χ1v) is 20.3. The lowest BCUT2D eigenvalue weighted by molar-refractivity contribution is 0.125. The number of nitrogens with zero attached hydrogens (tertiary/aromatic N) is 6. The minimum Gasteiger partial charge on any atom is -0.309 e. The highest BCUT2D eigenvalue weighted by Crippen LogP contribution is 2.61. The lowest BCUT2D eigenvalue weighted by Gasteiger charge is -2.44. The third kappa shape index (κ3) is 4.82. The summed E-state index contributed by atoms with van der Waals surface area (Å²) in [5.74, 6) is 1.58. The van der Waals surface area contributed by atoms with Crippen molar-refractivity contribution in [2.24, 2.45) is 5.41 Å². The van der Waals surface area contributed by atoms with E-state index in [4.69, 9.17) is 15.0 Å². The van der Waals surface area contributed by atoms with E-state index in [1.54, 1.807) is 6.07 Å². The Labute approximate surface area is 343 Å². The minimum absolute atomic E-state index is 0.00288. The average molecular weight is 763 g/mol. The molecule has 1 aliphatic rings. The molecule has 3 aromatic heterocycles. The van der Waals surface area contributed by atoms with E-state index in [1.807, 2.05) is 48.5 Å². The quantitative estimate of drug-likeness (QED) is 0.179. The van der Waals surface area contributed by atoms with Crippen LogP contribution >= 0.6 is 0 Å². The zero-order valence-corrected chi connectivity index (χ0v) is 34.0. The summed E-state index contributed by atoms with van der Waals surface area (Å²) >= 11 is 0. The third-order valence-electron chi connectivity index (χ3n) is 14.3. The maximum absolute atomic E-state index is 9.79. The Kier molecular flexibility index (Phi) is 7.26. The maximum Gasteiger partial charge on any atom is 0.238 e. The van der Waals surface area contributed by atoms with Crippen molar-refractivity contribution in [1.29, 1.82) is 5.26 Å².